The van der Waals surface area contributed by atoms with Crippen LogP contribution in [-0.4, -0.2) is 36.8 Å². The van der Waals surface area contributed by atoms with Crippen molar-refractivity contribution >= 4 is 36.8 Å². The van der Waals surface area contributed by atoms with E-state index in [1.54, 1.807) is 7.18 Å². The van der Waals surface area contributed by atoms with Crippen molar-refractivity contribution < 1.29 is 0 Å². The molecule has 0 atom stereocenters. The van der Waals surface area contributed by atoms with Gasteiger partial charge in [-0.05, 0) is 0 Å². The molecule has 0 aromatic carbocycles. The van der Waals surface area contributed by atoms with Crippen LogP contribution in [0.2, 0.25) is 29.6 Å². The molecule has 0 aromatic rings. The van der Waals surface area contributed by atoms with Gasteiger partial charge in [0, 0.05) is 0 Å². The average Bonchev–Trinajstić information content (AvgIpc) is 2.88. The molecular weight excluding hydrogens is 694 g/mol. The van der Waals surface area contributed by atoms with E-state index >= 15 is 0 Å². The molecule has 40 heavy (non-hydrogen) atoms. The zero-order chi connectivity index (χ0) is 30.3. The van der Waals surface area contributed by atoms with E-state index in [-0.39, 0.29) is 0 Å². The fraction of sp³-hybridized carbons (Fsp3) is 0.737. The molecule has 0 unspecified atom stereocenters. The molecule has 230 valence electrons. The van der Waals surface area contributed by atoms with Crippen molar-refractivity contribution in [2.75, 3.05) is 0 Å². The fourth-order valence-electron chi connectivity index (χ4n) is 4.89. The van der Waals surface area contributed by atoms with Crippen LogP contribution < -0.4 is 0 Å². The van der Waals surface area contributed by atoms with Crippen LogP contribution >= 0.6 is 0 Å². The maximum absolute atomic E-state index is 3.76. The van der Waals surface area contributed by atoms with Crippen LogP contribution in [0.5, 0.6) is 0 Å². The Morgan fingerprint density at radius 2 is 0.800 bits per heavy atom. The third-order valence-electron chi connectivity index (χ3n) is 7.94. The first-order valence-corrected chi connectivity index (χ1v) is 37.3. The Hall–Kier alpha value is 0.117. The van der Waals surface area contributed by atoms with Gasteiger partial charge in [-0.25, -0.2) is 0 Å². The van der Waals surface area contributed by atoms with Gasteiger partial charge in [0.1, 0.15) is 0 Å². The maximum atomic E-state index is 3.76. The zero-order valence-corrected chi connectivity index (χ0v) is 34.7. The summed E-state index contributed by atoms with van der Waals surface area (Å²) in [7, 11) is 0. The van der Waals surface area contributed by atoms with Gasteiger partial charge in [-0.3, -0.25) is 0 Å². The number of allylic oxidation sites excluding steroid dienone is 8. The Balaban J connectivity index is 6.12. The molecule has 0 amide bonds. The second-order valence-electron chi connectivity index (χ2n) is 14.0. The molecule has 0 aliphatic rings. The summed E-state index contributed by atoms with van der Waals surface area (Å²) in [6.45, 7) is 9.23. The summed E-state index contributed by atoms with van der Waals surface area (Å²) < 4.78 is 3.57. The van der Waals surface area contributed by atoms with Crippen LogP contribution in [-0.2, 0) is 0 Å². The van der Waals surface area contributed by atoms with E-state index < -0.39 is 36.8 Å². The first kappa shape index (κ1) is 40.1. The molecule has 0 aliphatic heterocycles. The first-order chi connectivity index (χ1) is 19.0. The Labute approximate surface area is 262 Å². The number of unbranched alkanes of at least 4 members (excludes halogenated alkanes) is 10. The van der Waals surface area contributed by atoms with Crippen molar-refractivity contribution in [3.8, 4) is 11.8 Å². The summed E-state index contributed by atoms with van der Waals surface area (Å²) in [6, 6.07) is 0. The molecule has 0 nitrogen and oxygen atoms in total. The van der Waals surface area contributed by atoms with Crippen molar-refractivity contribution in [3.05, 3.63) is 42.6 Å². The van der Waals surface area contributed by atoms with Gasteiger partial charge in [0.25, 0.3) is 0 Å². The van der Waals surface area contributed by atoms with Crippen molar-refractivity contribution in [1.29, 1.82) is 0 Å². The van der Waals surface area contributed by atoms with Gasteiger partial charge in [0.05, 0.1) is 0 Å². The molecule has 0 rings (SSSR count). The summed E-state index contributed by atoms with van der Waals surface area (Å²) in [4.78, 5) is 15.5. The zero-order valence-electron chi connectivity index (χ0n) is 29.0. The second-order valence-corrected chi connectivity index (χ2v) is 43.3. The minimum atomic E-state index is -2.10. The second kappa shape index (κ2) is 24.5. The molecule has 0 fully saturated rings. The predicted octanol–water partition coefficient (Wildman–Crippen LogP) is 13.6. The summed E-state index contributed by atoms with van der Waals surface area (Å²) in [5.41, 5.74) is 2.81. The average molecular weight is 764 g/mol. The molecule has 0 aliphatic carbocycles. The van der Waals surface area contributed by atoms with Crippen molar-refractivity contribution in [2.45, 2.75) is 173 Å². The molecule has 2 heteroatoms. The molecule has 0 saturated heterocycles. The van der Waals surface area contributed by atoms with Crippen molar-refractivity contribution in [2.24, 2.45) is 0 Å². The van der Waals surface area contributed by atoms with E-state index in [1.807, 2.05) is 0 Å². The summed E-state index contributed by atoms with van der Waals surface area (Å²) in [5, 5.41) is 0. The number of rotatable bonds is 22. The normalized spacial score (nSPS) is 13.9. The predicted molar refractivity (Wildman–Crippen MR) is 193 cm³/mol. The van der Waals surface area contributed by atoms with Crippen LogP contribution in [0.1, 0.15) is 143 Å². The van der Waals surface area contributed by atoms with Gasteiger partial charge in [-0.15, -0.1) is 0 Å². The topological polar surface area (TPSA) is 0 Å². The van der Waals surface area contributed by atoms with E-state index in [4.69, 9.17) is 0 Å². The summed E-state index contributed by atoms with van der Waals surface area (Å²) in [5.74, 6) is 7.53. The molecule has 0 saturated carbocycles. The Morgan fingerprint density at radius 3 is 1.10 bits per heavy atom. The molecule has 0 aromatic heterocycles. The van der Waals surface area contributed by atoms with Crippen LogP contribution in [0, 0.1) is 11.8 Å². The first-order valence-electron chi connectivity index (χ1n) is 17.3. The minimum absolute atomic E-state index is 1.14. The number of hydrogen-bond acceptors (Lipinski definition) is 0. The molecule has 0 radical (unpaired) electrons. The van der Waals surface area contributed by atoms with Crippen LogP contribution in [0.15, 0.2) is 42.6 Å². The SMILES string of the molecule is CCCC/C=[C](/C/C=C(\C#C/C(=C\C/[C](=C/CCCC)[Sn]([CH3])([CH3])[CH3])CCCCCC)CCCCCC)[Sn]([CH3])([CH3])[CH3]. The van der Waals surface area contributed by atoms with E-state index in [0.717, 1.165) is 25.7 Å². The van der Waals surface area contributed by atoms with E-state index in [1.165, 1.54) is 101 Å². The van der Waals surface area contributed by atoms with Crippen LogP contribution in [0.3, 0.4) is 0 Å². The summed E-state index contributed by atoms with van der Waals surface area (Å²) >= 11 is -4.21. The van der Waals surface area contributed by atoms with Gasteiger partial charge < -0.3 is 0 Å². The van der Waals surface area contributed by atoms with E-state index in [2.05, 4.69) is 93.5 Å². The van der Waals surface area contributed by atoms with Gasteiger partial charge in [-0.2, -0.15) is 0 Å². The number of hydrogen-bond donors (Lipinski definition) is 0. The Morgan fingerprint density at radius 1 is 0.450 bits per heavy atom. The van der Waals surface area contributed by atoms with Gasteiger partial charge in [-0.1, -0.05) is 0 Å². The monoisotopic (exact) mass is 766 g/mol. The molecule has 0 bridgehead atoms. The van der Waals surface area contributed by atoms with Gasteiger partial charge in [0.2, 0.25) is 0 Å². The Kier molecular flexibility index (Phi) is 24.6. The van der Waals surface area contributed by atoms with Gasteiger partial charge in [0.15, 0.2) is 0 Å². The third-order valence-corrected chi connectivity index (χ3v) is 21.3. The van der Waals surface area contributed by atoms with Crippen molar-refractivity contribution in [1.82, 2.24) is 0 Å². The summed E-state index contributed by atoms with van der Waals surface area (Å²) in [6.07, 6.45) is 33.1. The van der Waals surface area contributed by atoms with Crippen LogP contribution in [0.25, 0.3) is 0 Å². The Bertz CT molecular complexity index is 759. The van der Waals surface area contributed by atoms with Crippen LogP contribution in [0.4, 0.5) is 0 Å². The van der Waals surface area contributed by atoms with E-state index in [9.17, 15) is 0 Å². The molecule has 0 N–H and O–H groups in total. The van der Waals surface area contributed by atoms with E-state index in [0.29, 0.717) is 0 Å². The molecule has 0 heterocycles. The fourth-order valence-corrected chi connectivity index (χ4v) is 13.3. The molecular formula is C38H70Sn2. The van der Waals surface area contributed by atoms with Gasteiger partial charge >= 0.3 is 264 Å². The standard InChI is InChI=1S/C32H52.6CH3.2Sn/c1-5-9-13-17-19-23-27-31(25-21-15-11-7-3)29-30-32(26-22-16-12-8-4)28-24-20-18-14-10-6-2;;;;;;;;/h17-18,27-28H,5-16,21-26H2,1-4H3;6*1H3;;/b19-17?,20-18?,31-27-,32-28-;;;;;;;;. The van der Waals surface area contributed by atoms with Crippen molar-refractivity contribution in [3.63, 3.8) is 0 Å². The quantitative estimate of drug-likeness (QED) is 0.0585. The molecule has 0 spiro atoms. The third kappa shape index (κ3) is 21.8.